The van der Waals surface area contributed by atoms with E-state index in [0.717, 1.165) is 11.8 Å². The SMILES string of the molecule is Cc1ccc(NS(C)(=O)=O)c(NC(=O)[C@@H](C)Oc2cccnc2)c1. The molecule has 8 heteroatoms. The van der Waals surface area contributed by atoms with Gasteiger partial charge in [0, 0.05) is 6.20 Å². The Morgan fingerprint density at radius 3 is 2.62 bits per heavy atom. The summed E-state index contributed by atoms with van der Waals surface area (Å²) in [7, 11) is -3.46. The van der Waals surface area contributed by atoms with Crippen molar-refractivity contribution in [1.29, 1.82) is 0 Å². The number of ether oxygens (including phenoxy) is 1. The van der Waals surface area contributed by atoms with Crippen molar-refractivity contribution in [3.63, 3.8) is 0 Å². The lowest BCUT2D eigenvalue weighted by Crippen LogP contribution is -2.30. The van der Waals surface area contributed by atoms with E-state index in [1.807, 2.05) is 6.92 Å². The highest BCUT2D eigenvalue weighted by molar-refractivity contribution is 7.92. The van der Waals surface area contributed by atoms with Gasteiger partial charge in [-0.05, 0) is 43.7 Å². The molecule has 1 aromatic heterocycles. The van der Waals surface area contributed by atoms with Crippen molar-refractivity contribution >= 4 is 27.3 Å². The molecule has 0 fully saturated rings. The molecule has 0 aliphatic carbocycles. The number of aryl methyl sites for hydroxylation is 1. The molecule has 0 saturated heterocycles. The minimum Gasteiger partial charge on any atom is -0.479 e. The van der Waals surface area contributed by atoms with Crippen LogP contribution in [0.1, 0.15) is 12.5 Å². The van der Waals surface area contributed by atoms with Crippen LogP contribution in [0, 0.1) is 6.92 Å². The molecule has 7 nitrogen and oxygen atoms in total. The number of rotatable bonds is 6. The number of anilines is 2. The van der Waals surface area contributed by atoms with E-state index in [9.17, 15) is 13.2 Å². The fraction of sp³-hybridized carbons (Fsp3) is 0.250. The Morgan fingerprint density at radius 2 is 2.00 bits per heavy atom. The molecule has 1 aromatic carbocycles. The van der Waals surface area contributed by atoms with Gasteiger partial charge in [-0.15, -0.1) is 0 Å². The lowest BCUT2D eigenvalue weighted by Gasteiger charge is -2.17. The van der Waals surface area contributed by atoms with E-state index in [1.165, 1.54) is 6.20 Å². The second-order valence-electron chi connectivity index (χ2n) is 5.36. The van der Waals surface area contributed by atoms with E-state index in [0.29, 0.717) is 17.1 Å². The standard InChI is InChI=1S/C16H19N3O4S/c1-11-6-7-14(19-24(3,21)22)15(9-11)18-16(20)12(2)23-13-5-4-8-17-10-13/h4-10,12,19H,1-3H3,(H,18,20)/t12-/m1/s1. The predicted molar refractivity (Wildman–Crippen MR) is 92.6 cm³/mol. The minimum atomic E-state index is -3.46. The van der Waals surface area contributed by atoms with Gasteiger partial charge < -0.3 is 10.1 Å². The minimum absolute atomic E-state index is 0.296. The van der Waals surface area contributed by atoms with E-state index in [2.05, 4.69) is 15.0 Å². The summed E-state index contributed by atoms with van der Waals surface area (Å²) in [6.07, 6.45) is 3.38. The van der Waals surface area contributed by atoms with Crippen molar-refractivity contribution in [3.8, 4) is 5.75 Å². The topological polar surface area (TPSA) is 97.4 Å². The number of nitrogens with zero attached hydrogens (tertiary/aromatic N) is 1. The Morgan fingerprint density at radius 1 is 1.25 bits per heavy atom. The van der Waals surface area contributed by atoms with Gasteiger partial charge in [0.1, 0.15) is 5.75 Å². The number of sulfonamides is 1. The normalized spacial score (nSPS) is 12.3. The molecule has 0 radical (unpaired) electrons. The Hall–Kier alpha value is -2.61. The average molecular weight is 349 g/mol. The zero-order chi connectivity index (χ0) is 17.7. The van der Waals surface area contributed by atoms with Crippen LogP contribution in [-0.4, -0.2) is 31.7 Å². The number of hydrogen-bond acceptors (Lipinski definition) is 5. The monoisotopic (exact) mass is 349 g/mol. The van der Waals surface area contributed by atoms with Gasteiger partial charge in [-0.25, -0.2) is 8.42 Å². The first-order valence-corrected chi connectivity index (χ1v) is 9.10. The molecule has 0 bridgehead atoms. The Balaban J connectivity index is 2.14. The second kappa shape index (κ2) is 7.31. The number of amides is 1. The van der Waals surface area contributed by atoms with Crippen molar-refractivity contribution in [2.75, 3.05) is 16.3 Å². The van der Waals surface area contributed by atoms with Crippen molar-refractivity contribution < 1.29 is 17.9 Å². The third-order valence-corrected chi connectivity index (χ3v) is 3.64. The number of carbonyl (C=O) groups is 1. The van der Waals surface area contributed by atoms with Crippen LogP contribution in [0.3, 0.4) is 0 Å². The molecular formula is C16H19N3O4S. The van der Waals surface area contributed by atoms with Crippen LogP contribution in [0.4, 0.5) is 11.4 Å². The first-order chi connectivity index (χ1) is 11.2. The molecule has 2 aromatic rings. The fourth-order valence-corrected chi connectivity index (χ4v) is 2.54. The molecule has 1 heterocycles. The molecule has 1 atom stereocenters. The Kier molecular flexibility index (Phi) is 5.40. The lowest BCUT2D eigenvalue weighted by molar-refractivity contribution is -0.122. The van der Waals surface area contributed by atoms with Gasteiger partial charge in [-0.1, -0.05) is 6.07 Å². The molecule has 2 N–H and O–H groups in total. The van der Waals surface area contributed by atoms with Crippen molar-refractivity contribution in [2.24, 2.45) is 0 Å². The summed E-state index contributed by atoms with van der Waals surface area (Å²) in [4.78, 5) is 16.2. The summed E-state index contributed by atoms with van der Waals surface area (Å²) in [5, 5.41) is 2.68. The third kappa shape index (κ3) is 5.24. The molecule has 0 aliphatic rings. The smallest absolute Gasteiger partial charge is 0.265 e. The molecule has 128 valence electrons. The van der Waals surface area contributed by atoms with Crippen LogP contribution in [-0.2, 0) is 14.8 Å². The predicted octanol–water partition coefficient (Wildman–Crippen LogP) is 2.17. The van der Waals surface area contributed by atoms with Gasteiger partial charge in [0.2, 0.25) is 10.0 Å². The summed E-state index contributed by atoms with van der Waals surface area (Å²) >= 11 is 0. The van der Waals surface area contributed by atoms with Crippen LogP contribution in [0.2, 0.25) is 0 Å². The molecule has 24 heavy (non-hydrogen) atoms. The molecule has 0 spiro atoms. The quantitative estimate of drug-likeness (QED) is 0.833. The summed E-state index contributed by atoms with van der Waals surface area (Å²) in [6.45, 7) is 3.44. The first kappa shape index (κ1) is 17.7. The van der Waals surface area contributed by atoms with Crippen molar-refractivity contribution in [1.82, 2.24) is 4.98 Å². The summed E-state index contributed by atoms with van der Waals surface area (Å²) in [5.41, 5.74) is 1.54. The van der Waals surface area contributed by atoms with Gasteiger partial charge in [-0.3, -0.25) is 14.5 Å². The molecule has 1 amide bonds. The maximum Gasteiger partial charge on any atom is 0.265 e. The highest BCUT2D eigenvalue weighted by Gasteiger charge is 2.17. The Labute approximate surface area is 141 Å². The average Bonchev–Trinajstić information content (AvgIpc) is 2.49. The number of benzene rings is 1. The number of pyridine rings is 1. The van der Waals surface area contributed by atoms with E-state index in [1.54, 1.807) is 43.5 Å². The van der Waals surface area contributed by atoms with Crippen LogP contribution in [0.25, 0.3) is 0 Å². The van der Waals surface area contributed by atoms with Crippen LogP contribution < -0.4 is 14.8 Å². The van der Waals surface area contributed by atoms with Crippen LogP contribution in [0.15, 0.2) is 42.7 Å². The molecule has 0 unspecified atom stereocenters. The number of nitrogens with one attached hydrogen (secondary N) is 2. The highest BCUT2D eigenvalue weighted by Crippen LogP contribution is 2.24. The van der Waals surface area contributed by atoms with Gasteiger partial charge in [0.25, 0.3) is 5.91 Å². The Bertz CT molecular complexity index is 822. The largest absolute Gasteiger partial charge is 0.479 e. The zero-order valence-corrected chi connectivity index (χ0v) is 14.4. The summed E-state index contributed by atoms with van der Waals surface area (Å²) in [5.74, 6) is 0.0693. The van der Waals surface area contributed by atoms with Gasteiger partial charge in [-0.2, -0.15) is 0 Å². The van der Waals surface area contributed by atoms with Gasteiger partial charge >= 0.3 is 0 Å². The summed E-state index contributed by atoms with van der Waals surface area (Å²) < 4.78 is 30.8. The van der Waals surface area contributed by atoms with Crippen LogP contribution >= 0.6 is 0 Å². The zero-order valence-electron chi connectivity index (χ0n) is 13.6. The number of carbonyl (C=O) groups excluding carboxylic acids is 1. The second-order valence-corrected chi connectivity index (χ2v) is 7.11. The van der Waals surface area contributed by atoms with Crippen molar-refractivity contribution in [2.45, 2.75) is 20.0 Å². The molecule has 0 saturated carbocycles. The molecule has 2 rings (SSSR count). The van der Waals surface area contributed by atoms with E-state index >= 15 is 0 Å². The van der Waals surface area contributed by atoms with Crippen molar-refractivity contribution in [3.05, 3.63) is 48.3 Å². The molecule has 0 aliphatic heterocycles. The fourth-order valence-electron chi connectivity index (χ4n) is 1.96. The van der Waals surface area contributed by atoms with E-state index < -0.39 is 22.0 Å². The van der Waals surface area contributed by atoms with Gasteiger partial charge in [0.15, 0.2) is 6.10 Å². The molecular weight excluding hydrogens is 330 g/mol. The number of hydrogen-bond donors (Lipinski definition) is 2. The highest BCUT2D eigenvalue weighted by atomic mass is 32.2. The number of aromatic nitrogens is 1. The first-order valence-electron chi connectivity index (χ1n) is 7.20. The maximum atomic E-state index is 12.3. The van der Waals surface area contributed by atoms with E-state index in [4.69, 9.17) is 4.74 Å². The van der Waals surface area contributed by atoms with Crippen LogP contribution in [0.5, 0.6) is 5.75 Å². The lowest BCUT2D eigenvalue weighted by atomic mass is 10.2. The van der Waals surface area contributed by atoms with E-state index in [-0.39, 0.29) is 0 Å². The summed E-state index contributed by atoms with van der Waals surface area (Å²) in [6, 6.07) is 8.42. The van der Waals surface area contributed by atoms with Gasteiger partial charge in [0.05, 0.1) is 23.8 Å². The third-order valence-electron chi connectivity index (χ3n) is 3.04. The maximum absolute atomic E-state index is 12.3.